The van der Waals surface area contributed by atoms with Gasteiger partial charge in [0.1, 0.15) is 11.4 Å². The Balaban J connectivity index is 1.64. The number of alkyl halides is 3. The number of nitrogens with two attached hydrogens (primary N) is 2. The van der Waals surface area contributed by atoms with Crippen LogP contribution in [0.2, 0.25) is 0 Å². The molecule has 0 aliphatic rings. The number of rotatable bonds is 7. The lowest BCUT2D eigenvalue weighted by molar-refractivity contribution is -0.137. The van der Waals surface area contributed by atoms with E-state index in [0.29, 0.717) is 23.2 Å². The highest BCUT2D eigenvalue weighted by molar-refractivity contribution is 6.08. The molecule has 0 aliphatic carbocycles. The van der Waals surface area contributed by atoms with Gasteiger partial charge in [0, 0.05) is 36.8 Å². The molecule has 0 saturated carbocycles. The van der Waals surface area contributed by atoms with Gasteiger partial charge in [-0.05, 0) is 35.9 Å². The van der Waals surface area contributed by atoms with Crippen LogP contribution in [0, 0.1) is 0 Å². The number of hydrogen-bond acceptors (Lipinski definition) is 5. The van der Waals surface area contributed by atoms with Crippen LogP contribution in [0.4, 0.5) is 18.9 Å². The maximum atomic E-state index is 12.6. The second-order valence-electron chi connectivity index (χ2n) is 6.91. The molecule has 3 rings (SSSR count). The van der Waals surface area contributed by atoms with Crippen molar-refractivity contribution in [3.8, 4) is 5.75 Å². The zero-order valence-corrected chi connectivity index (χ0v) is 16.7. The Morgan fingerprint density at radius 1 is 1.23 bits per heavy atom. The SMILES string of the molecule is CN(N)/C=C(\N)C(=O)Nc1c[nH]c2ccc(OCCc3ccc(C(F)(F)F)cc3)cc12. The van der Waals surface area contributed by atoms with Crippen molar-refractivity contribution in [2.75, 3.05) is 19.0 Å². The lowest BCUT2D eigenvalue weighted by Gasteiger charge is -2.10. The molecule has 2 aromatic carbocycles. The minimum Gasteiger partial charge on any atom is -0.493 e. The van der Waals surface area contributed by atoms with E-state index in [1.54, 1.807) is 31.4 Å². The smallest absolute Gasteiger partial charge is 0.416 e. The molecule has 0 aliphatic heterocycles. The van der Waals surface area contributed by atoms with Gasteiger partial charge in [-0.15, -0.1) is 0 Å². The predicted octanol–water partition coefficient (Wildman–Crippen LogP) is 3.35. The summed E-state index contributed by atoms with van der Waals surface area (Å²) in [6.07, 6.45) is -0.983. The van der Waals surface area contributed by atoms with E-state index in [2.05, 4.69) is 10.3 Å². The van der Waals surface area contributed by atoms with Crippen LogP contribution in [0.5, 0.6) is 5.75 Å². The number of fused-ring (bicyclic) bond motifs is 1. The average Bonchev–Trinajstić information content (AvgIpc) is 3.09. The highest BCUT2D eigenvalue weighted by Gasteiger charge is 2.29. The van der Waals surface area contributed by atoms with Gasteiger partial charge in [-0.25, -0.2) is 5.84 Å². The van der Waals surface area contributed by atoms with Gasteiger partial charge in [0.15, 0.2) is 0 Å². The number of hydrazine groups is 1. The van der Waals surface area contributed by atoms with Crippen LogP contribution in [-0.4, -0.2) is 29.6 Å². The number of nitrogens with zero attached hydrogens (tertiary/aromatic N) is 1. The first-order valence-corrected chi connectivity index (χ1v) is 9.30. The average molecular weight is 433 g/mol. The van der Waals surface area contributed by atoms with Crippen molar-refractivity contribution in [1.29, 1.82) is 0 Å². The summed E-state index contributed by atoms with van der Waals surface area (Å²) in [6, 6.07) is 10.3. The molecule has 0 radical (unpaired) electrons. The summed E-state index contributed by atoms with van der Waals surface area (Å²) in [6.45, 7) is 0.279. The van der Waals surface area contributed by atoms with E-state index in [1.807, 2.05) is 0 Å². The summed E-state index contributed by atoms with van der Waals surface area (Å²) >= 11 is 0. The minimum absolute atomic E-state index is 0.0525. The lowest BCUT2D eigenvalue weighted by atomic mass is 10.1. The van der Waals surface area contributed by atoms with Crippen molar-refractivity contribution < 1.29 is 22.7 Å². The van der Waals surface area contributed by atoms with Crippen molar-refractivity contribution in [3.63, 3.8) is 0 Å². The van der Waals surface area contributed by atoms with Gasteiger partial charge in [-0.2, -0.15) is 13.2 Å². The summed E-state index contributed by atoms with van der Waals surface area (Å²) in [7, 11) is 1.54. The molecule has 1 heterocycles. The van der Waals surface area contributed by atoms with Crippen LogP contribution < -0.4 is 21.6 Å². The fourth-order valence-electron chi connectivity index (χ4n) is 2.91. The van der Waals surface area contributed by atoms with Crippen molar-refractivity contribution in [2.24, 2.45) is 11.6 Å². The number of halogens is 3. The monoisotopic (exact) mass is 433 g/mol. The molecule has 0 atom stereocenters. The number of benzene rings is 2. The summed E-state index contributed by atoms with van der Waals surface area (Å²) in [5, 5.41) is 4.59. The molecule has 31 heavy (non-hydrogen) atoms. The summed E-state index contributed by atoms with van der Waals surface area (Å²) in [5.74, 6) is 5.50. The fourth-order valence-corrected chi connectivity index (χ4v) is 2.91. The molecule has 3 aromatic rings. The lowest BCUT2D eigenvalue weighted by Crippen LogP contribution is -2.26. The molecule has 0 unspecified atom stereocenters. The second-order valence-corrected chi connectivity index (χ2v) is 6.91. The van der Waals surface area contributed by atoms with Crippen LogP contribution in [0.3, 0.4) is 0 Å². The molecular formula is C21H22F3N5O2. The quantitative estimate of drug-likeness (QED) is 0.260. The highest BCUT2D eigenvalue weighted by Crippen LogP contribution is 2.30. The van der Waals surface area contributed by atoms with Crippen molar-refractivity contribution in [3.05, 3.63) is 71.7 Å². The number of aromatic amines is 1. The zero-order valence-electron chi connectivity index (χ0n) is 16.7. The number of hydrogen-bond donors (Lipinski definition) is 4. The summed E-state index contributed by atoms with van der Waals surface area (Å²) < 4.78 is 43.6. The van der Waals surface area contributed by atoms with Gasteiger partial charge in [-0.1, -0.05) is 12.1 Å². The van der Waals surface area contributed by atoms with E-state index in [4.69, 9.17) is 16.3 Å². The number of ether oxygens (including phenoxy) is 1. The van der Waals surface area contributed by atoms with Crippen molar-refractivity contribution in [2.45, 2.75) is 12.6 Å². The molecule has 0 spiro atoms. The van der Waals surface area contributed by atoms with E-state index < -0.39 is 17.6 Å². The van der Waals surface area contributed by atoms with Crippen LogP contribution >= 0.6 is 0 Å². The molecule has 164 valence electrons. The molecular weight excluding hydrogens is 411 g/mol. The van der Waals surface area contributed by atoms with E-state index >= 15 is 0 Å². The number of aromatic nitrogens is 1. The highest BCUT2D eigenvalue weighted by atomic mass is 19.4. The van der Waals surface area contributed by atoms with Gasteiger partial charge in [-0.3, -0.25) is 4.79 Å². The van der Waals surface area contributed by atoms with Crippen molar-refractivity contribution >= 4 is 22.5 Å². The third-order valence-corrected chi connectivity index (χ3v) is 4.45. The molecule has 0 fully saturated rings. The van der Waals surface area contributed by atoms with Crippen molar-refractivity contribution in [1.82, 2.24) is 9.99 Å². The first-order chi connectivity index (χ1) is 14.6. The largest absolute Gasteiger partial charge is 0.493 e. The predicted molar refractivity (Wildman–Crippen MR) is 112 cm³/mol. The number of nitrogens with one attached hydrogen (secondary N) is 2. The Bertz CT molecular complexity index is 1090. The third-order valence-electron chi connectivity index (χ3n) is 4.45. The van der Waals surface area contributed by atoms with E-state index in [0.717, 1.165) is 23.2 Å². The Kier molecular flexibility index (Phi) is 6.40. The van der Waals surface area contributed by atoms with Gasteiger partial charge in [0.05, 0.1) is 17.9 Å². The van der Waals surface area contributed by atoms with E-state index in [1.165, 1.54) is 23.3 Å². The molecule has 7 nitrogen and oxygen atoms in total. The van der Waals surface area contributed by atoms with Crippen LogP contribution in [-0.2, 0) is 17.4 Å². The molecule has 1 amide bonds. The van der Waals surface area contributed by atoms with Crippen LogP contribution in [0.1, 0.15) is 11.1 Å². The molecule has 10 heteroatoms. The minimum atomic E-state index is -4.35. The van der Waals surface area contributed by atoms with Crippen LogP contribution in [0.25, 0.3) is 10.9 Å². The third kappa shape index (κ3) is 5.70. The maximum absolute atomic E-state index is 12.6. The Labute approximate surface area is 176 Å². The standard InChI is InChI=1S/C21H22F3N5O2/c1-29(26)12-17(25)20(30)28-19-11-27-18-7-6-15(10-16(18)19)31-9-8-13-2-4-14(5-3-13)21(22,23)24/h2-7,10-12,27H,8-9,25-26H2,1H3,(H,28,30)/b17-12-. The zero-order chi connectivity index (χ0) is 22.6. The van der Waals surface area contributed by atoms with E-state index in [-0.39, 0.29) is 12.3 Å². The summed E-state index contributed by atoms with van der Waals surface area (Å²) in [5.41, 5.74) is 6.99. The Hall–Kier alpha value is -3.66. The first kappa shape index (κ1) is 22.0. The fraction of sp³-hybridized carbons (Fsp3) is 0.190. The molecule has 6 N–H and O–H groups in total. The molecule has 0 bridgehead atoms. The number of H-pyrrole nitrogens is 1. The molecule has 0 saturated heterocycles. The number of carbonyl (C=O) groups excluding carboxylic acids is 1. The second kappa shape index (κ2) is 9.00. The van der Waals surface area contributed by atoms with Crippen LogP contribution in [0.15, 0.2) is 60.6 Å². The maximum Gasteiger partial charge on any atom is 0.416 e. The Morgan fingerprint density at radius 3 is 2.58 bits per heavy atom. The molecule has 1 aromatic heterocycles. The Morgan fingerprint density at radius 2 is 1.94 bits per heavy atom. The van der Waals surface area contributed by atoms with Gasteiger partial charge in [0.2, 0.25) is 0 Å². The normalized spacial score (nSPS) is 12.1. The first-order valence-electron chi connectivity index (χ1n) is 9.30. The number of carbonyl (C=O) groups is 1. The summed E-state index contributed by atoms with van der Waals surface area (Å²) in [4.78, 5) is 15.2. The van der Waals surface area contributed by atoms with E-state index in [9.17, 15) is 18.0 Å². The number of amides is 1. The topological polar surface area (TPSA) is 109 Å². The van der Waals surface area contributed by atoms with Gasteiger partial charge >= 0.3 is 6.18 Å². The van der Waals surface area contributed by atoms with Gasteiger partial charge in [0.25, 0.3) is 5.91 Å². The van der Waals surface area contributed by atoms with Gasteiger partial charge < -0.3 is 25.8 Å². The number of anilines is 1.